The standard InChI is InChI=1S/C17H22FNO/c1-12(15-6-5-11-20-15)19-16(17(2,3)4)13-7-9-14(18)10-8-13/h5-12,16,19H,1-4H3. The van der Waals surface area contributed by atoms with Crippen LogP contribution in [0.3, 0.4) is 0 Å². The molecule has 0 aliphatic rings. The van der Waals surface area contributed by atoms with Crippen molar-refractivity contribution >= 4 is 0 Å². The number of benzene rings is 1. The normalized spacial score (nSPS) is 15.1. The molecule has 2 atom stereocenters. The minimum atomic E-state index is -0.208. The third-order valence-electron chi connectivity index (χ3n) is 3.46. The predicted molar refractivity (Wildman–Crippen MR) is 78.9 cm³/mol. The second-order valence-corrected chi connectivity index (χ2v) is 6.25. The zero-order valence-electron chi connectivity index (χ0n) is 12.5. The summed E-state index contributed by atoms with van der Waals surface area (Å²) in [6.07, 6.45) is 1.68. The van der Waals surface area contributed by atoms with E-state index in [1.165, 1.54) is 12.1 Å². The SMILES string of the molecule is CC(NC(c1ccc(F)cc1)C(C)(C)C)c1ccco1. The van der Waals surface area contributed by atoms with E-state index < -0.39 is 0 Å². The van der Waals surface area contributed by atoms with E-state index in [1.54, 1.807) is 6.26 Å². The highest BCUT2D eigenvalue weighted by Crippen LogP contribution is 2.35. The van der Waals surface area contributed by atoms with E-state index in [-0.39, 0.29) is 23.3 Å². The van der Waals surface area contributed by atoms with Gasteiger partial charge in [-0.15, -0.1) is 0 Å². The highest BCUT2D eigenvalue weighted by Gasteiger charge is 2.28. The maximum absolute atomic E-state index is 13.1. The van der Waals surface area contributed by atoms with Crippen LogP contribution >= 0.6 is 0 Å². The molecule has 1 heterocycles. The Morgan fingerprint density at radius 3 is 2.25 bits per heavy atom. The molecule has 2 unspecified atom stereocenters. The van der Waals surface area contributed by atoms with Gasteiger partial charge in [0, 0.05) is 6.04 Å². The van der Waals surface area contributed by atoms with Gasteiger partial charge in [-0.3, -0.25) is 0 Å². The molecular weight excluding hydrogens is 253 g/mol. The van der Waals surface area contributed by atoms with E-state index in [0.29, 0.717) is 0 Å². The first-order chi connectivity index (χ1) is 9.38. The van der Waals surface area contributed by atoms with Crippen molar-refractivity contribution in [2.24, 2.45) is 5.41 Å². The van der Waals surface area contributed by atoms with Gasteiger partial charge in [0.15, 0.2) is 0 Å². The Hall–Kier alpha value is -1.61. The fourth-order valence-electron chi connectivity index (χ4n) is 2.37. The van der Waals surface area contributed by atoms with Gasteiger partial charge in [0.2, 0.25) is 0 Å². The Bertz CT molecular complexity index is 525. The molecule has 1 aromatic carbocycles. The zero-order valence-corrected chi connectivity index (χ0v) is 12.5. The molecule has 108 valence electrons. The van der Waals surface area contributed by atoms with Crippen LogP contribution in [0.25, 0.3) is 0 Å². The first kappa shape index (κ1) is 14.8. The summed E-state index contributed by atoms with van der Waals surface area (Å²) in [5, 5.41) is 3.58. The average Bonchev–Trinajstić information content (AvgIpc) is 2.89. The van der Waals surface area contributed by atoms with E-state index in [1.807, 2.05) is 24.3 Å². The summed E-state index contributed by atoms with van der Waals surface area (Å²) in [6.45, 7) is 8.58. The van der Waals surface area contributed by atoms with Gasteiger partial charge in [-0.25, -0.2) is 4.39 Å². The molecule has 0 aliphatic heterocycles. The number of nitrogens with one attached hydrogen (secondary N) is 1. The monoisotopic (exact) mass is 275 g/mol. The molecule has 0 spiro atoms. The third kappa shape index (κ3) is 3.48. The van der Waals surface area contributed by atoms with E-state index in [2.05, 4.69) is 33.0 Å². The predicted octanol–water partition coefficient (Wildman–Crippen LogP) is 4.86. The Kier molecular flexibility index (Phi) is 4.29. The van der Waals surface area contributed by atoms with Crippen LogP contribution in [-0.4, -0.2) is 0 Å². The molecule has 0 saturated carbocycles. The van der Waals surface area contributed by atoms with Gasteiger partial charge in [-0.05, 0) is 42.2 Å². The molecular formula is C17H22FNO. The molecule has 20 heavy (non-hydrogen) atoms. The Morgan fingerprint density at radius 1 is 1.10 bits per heavy atom. The van der Waals surface area contributed by atoms with Crippen LogP contribution in [0.5, 0.6) is 0 Å². The van der Waals surface area contributed by atoms with Crippen LogP contribution in [0.2, 0.25) is 0 Å². The second-order valence-electron chi connectivity index (χ2n) is 6.25. The van der Waals surface area contributed by atoms with Crippen molar-refractivity contribution < 1.29 is 8.81 Å². The van der Waals surface area contributed by atoms with Crippen LogP contribution in [0, 0.1) is 11.2 Å². The van der Waals surface area contributed by atoms with Crippen LogP contribution in [0.1, 0.15) is 51.1 Å². The largest absolute Gasteiger partial charge is 0.468 e. The molecule has 2 rings (SSSR count). The van der Waals surface area contributed by atoms with Crippen LogP contribution < -0.4 is 5.32 Å². The minimum Gasteiger partial charge on any atom is -0.468 e. The molecule has 2 nitrogen and oxygen atoms in total. The molecule has 0 saturated heterocycles. The zero-order chi connectivity index (χ0) is 14.8. The molecule has 0 bridgehead atoms. The third-order valence-corrected chi connectivity index (χ3v) is 3.46. The van der Waals surface area contributed by atoms with Crippen LogP contribution in [-0.2, 0) is 0 Å². The van der Waals surface area contributed by atoms with Gasteiger partial charge < -0.3 is 9.73 Å². The second kappa shape index (κ2) is 5.80. The van der Waals surface area contributed by atoms with Crippen molar-refractivity contribution in [1.29, 1.82) is 0 Å². The van der Waals surface area contributed by atoms with E-state index >= 15 is 0 Å². The molecule has 0 amide bonds. The van der Waals surface area contributed by atoms with Crippen molar-refractivity contribution in [3.8, 4) is 0 Å². The van der Waals surface area contributed by atoms with Gasteiger partial charge >= 0.3 is 0 Å². The summed E-state index contributed by atoms with van der Waals surface area (Å²) < 4.78 is 18.5. The molecule has 0 aliphatic carbocycles. The first-order valence-corrected chi connectivity index (χ1v) is 6.93. The Morgan fingerprint density at radius 2 is 1.75 bits per heavy atom. The lowest BCUT2D eigenvalue weighted by Gasteiger charge is -2.34. The number of halogens is 1. The van der Waals surface area contributed by atoms with Gasteiger partial charge in [0.05, 0.1) is 12.3 Å². The van der Waals surface area contributed by atoms with E-state index in [4.69, 9.17) is 4.42 Å². The Labute approximate surface area is 120 Å². The average molecular weight is 275 g/mol. The van der Waals surface area contributed by atoms with Crippen molar-refractivity contribution in [1.82, 2.24) is 5.32 Å². The molecule has 1 aromatic heterocycles. The summed E-state index contributed by atoms with van der Waals surface area (Å²) in [6, 6.07) is 10.8. The van der Waals surface area contributed by atoms with E-state index in [0.717, 1.165) is 11.3 Å². The number of hydrogen-bond donors (Lipinski definition) is 1. The number of hydrogen-bond acceptors (Lipinski definition) is 2. The van der Waals surface area contributed by atoms with Gasteiger partial charge in [-0.2, -0.15) is 0 Å². The van der Waals surface area contributed by atoms with Crippen molar-refractivity contribution in [2.45, 2.75) is 39.8 Å². The topological polar surface area (TPSA) is 25.2 Å². The summed E-state index contributed by atoms with van der Waals surface area (Å²) in [7, 11) is 0. The maximum Gasteiger partial charge on any atom is 0.123 e. The van der Waals surface area contributed by atoms with Crippen molar-refractivity contribution in [3.05, 3.63) is 59.8 Å². The smallest absolute Gasteiger partial charge is 0.123 e. The molecule has 0 fully saturated rings. The lowest BCUT2D eigenvalue weighted by Crippen LogP contribution is -2.34. The lowest BCUT2D eigenvalue weighted by atomic mass is 9.82. The minimum absolute atomic E-state index is 0.0126. The van der Waals surface area contributed by atoms with Crippen LogP contribution in [0.4, 0.5) is 4.39 Å². The lowest BCUT2D eigenvalue weighted by molar-refractivity contribution is 0.244. The highest BCUT2D eigenvalue weighted by molar-refractivity contribution is 5.22. The fraction of sp³-hybridized carbons (Fsp3) is 0.412. The molecule has 3 heteroatoms. The van der Waals surface area contributed by atoms with Gasteiger partial charge in [0.1, 0.15) is 11.6 Å². The number of rotatable bonds is 4. The van der Waals surface area contributed by atoms with Gasteiger partial charge in [-0.1, -0.05) is 32.9 Å². The molecule has 2 aromatic rings. The molecule has 0 radical (unpaired) electrons. The quantitative estimate of drug-likeness (QED) is 0.862. The summed E-state index contributed by atoms with van der Waals surface area (Å²) in [5.41, 5.74) is 1.09. The van der Waals surface area contributed by atoms with Crippen LogP contribution in [0.15, 0.2) is 47.1 Å². The molecule has 1 N–H and O–H groups in total. The van der Waals surface area contributed by atoms with E-state index in [9.17, 15) is 4.39 Å². The van der Waals surface area contributed by atoms with Gasteiger partial charge in [0.25, 0.3) is 0 Å². The summed E-state index contributed by atoms with van der Waals surface area (Å²) in [5.74, 6) is 0.696. The fourth-order valence-corrected chi connectivity index (χ4v) is 2.37. The summed E-state index contributed by atoms with van der Waals surface area (Å²) in [4.78, 5) is 0. The Balaban J connectivity index is 2.22. The first-order valence-electron chi connectivity index (χ1n) is 6.93. The highest BCUT2D eigenvalue weighted by atomic mass is 19.1. The maximum atomic E-state index is 13.1. The van der Waals surface area contributed by atoms with Crippen molar-refractivity contribution in [2.75, 3.05) is 0 Å². The number of furan rings is 1. The summed E-state index contributed by atoms with van der Waals surface area (Å²) >= 11 is 0. The van der Waals surface area contributed by atoms with Crippen molar-refractivity contribution in [3.63, 3.8) is 0 Å².